The standard InChI is InChI=1S/C28H25F8N3O3S.C2HF3O2/c1-15(39-24(40)23-13-37-14-38-23)20-10-11-25(43(41,42)19-6-4-18(29)5-7-19)21-9-3-17(12-16(21)2-8-22(20)25)26(30,27(31,32)33)28(34,35)36;3-2(4,5)1(6)7/h3-7,9,12-15,20,22H,2,8,10-11H2,1H3,(H,37,38)(H,39,40);(H,6,7)/t15?,20-,22-,25+;/m0./s1. The number of nitrogens with one attached hydrogen (secondary N) is 2. The SMILES string of the molecule is CC(NC(=O)c1cnc[nH]1)[C@@H]1CC[C@@]2(S(=O)(=O)c3ccc(F)cc3)c3ccc(C(F)(C(F)(F)F)C(F)(F)F)cc3CC[C@@H]12.O=C(O)C(F)(F)F. The topological polar surface area (TPSA) is 129 Å². The summed E-state index contributed by atoms with van der Waals surface area (Å²) >= 11 is 0. The number of aromatic nitrogens is 2. The highest BCUT2D eigenvalue weighted by molar-refractivity contribution is 7.92. The number of carbonyl (C=O) groups excluding carboxylic acids is 1. The van der Waals surface area contributed by atoms with Crippen LogP contribution in [-0.4, -0.2) is 59.9 Å². The number of imidazole rings is 1. The van der Waals surface area contributed by atoms with Crippen molar-refractivity contribution >= 4 is 21.7 Å². The Morgan fingerprint density at radius 2 is 1.54 bits per heavy atom. The average Bonchev–Trinajstić information content (AvgIpc) is 3.69. The number of sulfone groups is 1. The van der Waals surface area contributed by atoms with E-state index in [9.17, 15) is 61.5 Å². The van der Waals surface area contributed by atoms with Gasteiger partial charge in [0.1, 0.15) is 16.3 Å². The Bertz CT molecular complexity index is 1810. The first-order valence-electron chi connectivity index (χ1n) is 14.5. The van der Waals surface area contributed by atoms with Crippen LogP contribution in [0.15, 0.2) is 59.9 Å². The van der Waals surface area contributed by atoms with Crippen LogP contribution in [0.2, 0.25) is 0 Å². The van der Waals surface area contributed by atoms with Gasteiger partial charge in [-0.1, -0.05) is 18.2 Å². The zero-order valence-corrected chi connectivity index (χ0v) is 26.2. The third kappa shape index (κ3) is 6.64. The molecule has 1 fully saturated rings. The predicted octanol–water partition coefficient (Wildman–Crippen LogP) is 6.93. The number of nitrogens with zero attached hydrogens (tertiary/aromatic N) is 1. The van der Waals surface area contributed by atoms with E-state index in [1.807, 2.05) is 0 Å². The fraction of sp³-hybridized carbons (Fsp3) is 0.433. The Morgan fingerprint density at radius 1 is 0.960 bits per heavy atom. The highest BCUT2D eigenvalue weighted by Crippen LogP contribution is 2.61. The van der Waals surface area contributed by atoms with Crippen molar-refractivity contribution in [3.8, 4) is 0 Å². The number of carboxylic acid groups (broad SMARTS) is 1. The molecule has 1 saturated carbocycles. The zero-order valence-electron chi connectivity index (χ0n) is 25.3. The van der Waals surface area contributed by atoms with Crippen LogP contribution in [0.1, 0.15) is 53.4 Å². The number of amides is 1. The Kier molecular flexibility index (Phi) is 10.1. The molecule has 0 saturated heterocycles. The number of halogens is 11. The van der Waals surface area contributed by atoms with Gasteiger partial charge in [-0.2, -0.15) is 39.5 Å². The monoisotopic (exact) mass is 749 g/mol. The number of aromatic amines is 1. The van der Waals surface area contributed by atoms with Gasteiger partial charge in [0.15, 0.2) is 9.84 Å². The number of carboxylic acids is 1. The lowest BCUT2D eigenvalue weighted by molar-refractivity contribution is -0.348. The van der Waals surface area contributed by atoms with Crippen molar-refractivity contribution in [1.29, 1.82) is 0 Å². The smallest absolute Gasteiger partial charge is 0.475 e. The molecule has 2 aromatic carbocycles. The maximum Gasteiger partial charge on any atom is 0.490 e. The number of aliphatic carboxylic acids is 1. The molecule has 0 aliphatic heterocycles. The van der Waals surface area contributed by atoms with Crippen molar-refractivity contribution in [2.24, 2.45) is 11.8 Å². The number of hydrogen-bond acceptors (Lipinski definition) is 5. The highest BCUT2D eigenvalue weighted by atomic mass is 32.2. The Hall–Kier alpha value is -4.23. The van der Waals surface area contributed by atoms with Gasteiger partial charge in [-0.3, -0.25) is 4.79 Å². The highest BCUT2D eigenvalue weighted by Gasteiger charge is 2.74. The molecule has 20 heteroatoms. The summed E-state index contributed by atoms with van der Waals surface area (Å²) in [7, 11) is -4.47. The van der Waals surface area contributed by atoms with E-state index in [-0.39, 0.29) is 47.4 Å². The summed E-state index contributed by atoms with van der Waals surface area (Å²) in [5, 5.41) is 9.93. The van der Waals surface area contributed by atoms with E-state index >= 15 is 0 Å². The summed E-state index contributed by atoms with van der Waals surface area (Å²) in [6.45, 7) is 1.67. The quantitative estimate of drug-likeness (QED) is 0.185. The third-order valence-corrected chi connectivity index (χ3v) is 11.6. The first-order chi connectivity index (χ1) is 22.9. The van der Waals surface area contributed by atoms with Crippen LogP contribution in [0, 0.1) is 17.7 Å². The number of benzene rings is 2. The summed E-state index contributed by atoms with van der Waals surface area (Å²) in [6.07, 6.45) is -15.2. The second-order valence-corrected chi connectivity index (χ2v) is 14.0. The number of carbonyl (C=O) groups is 2. The van der Waals surface area contributed by atoms with Crippen LogP contribution in [0.5, 0.6) is 0 Å². The number of H-pyrrole nitrogens is 1. The van der Waals surface area contributed by atoms with Crippen molar-refractivity contribution < 1.29 is 71.4 Å². The maximum atomic E-state index is 15.0. The van der Waals surface area contributed by atoms with Gasteiger partial charge in [-0.05, 0) is 79.8 Å². The van der Waals surface area contributed by atoms with Gasteiger partial charge in [0.05, 0.1) is 17.4 Å². The Balaban J connectivity index is 0.000000727. The van der Waals surface area contributed by atoms with E-state index in [2.05, 4.69) is 15.3 Å². The summed E-state index contributed by atoms with van der Waals surface area (Å²) in [5.41, 5.74) is -7.43. The molecule has 1 amide bonds. The lowest BCUT2D eigenvalue weighted by Gasteiger charge is -2.44. The van der Waals surface area contributed by atoms with E-state index < -0.39 is 79.9 Å². The molecule has 4 atom stereocenters. The molecule has 5 rings (SSSR count). The van der Waals surface area contributed by atoms with E-state index in [1.54, 1.807) is 6.92 Å². The first-order valence-corrected chi connectivity index (χ1v) is 15.9. The summed E-state index contributed by atoms with van der Waals surface area (Å²) < 4.78 is 169. The van der Waals surface area contributed by atoms with Crippen LogP contribution in [0.3, 0.4) is 0 Å². The normalized spacial score (nSPS) is 21.7. The minimum atomic E-state index is -6.34. The lowest BCUT2D eigenvalue weighted by Crippen LogP contribution is -2.51. The van der Waals surface area contributed by atoms with E-state index in [0.29, 0.717) is 12.1 Å². The molecule has 1 heterocycles. The van der Waals surface area contributed by atoms with E-state index in [1.165, 1.54) is 12.5 Å². The third-order valence-electron chi connectivity index (χ3n) is 9.02. The van der Waals surface area contributed by atoms with E-state index in [4.69, 9.17) is 9.90 Å². The molecule has 2 aliphatic rings. The number of fused-ring (bicyclic) bond motifs is 3. The van der Waals surface area contributed by atoms with Gasteiger partial charge < -0.3 is 15.4 Å². The number of aryl methyl sites for hydroxylation is 1. The minimum Gasteiger partial charge on any atom is -0.475 e. The minimum absolute atomic E-state index is 0.00311. The molecule has 274 valence electrons. The van der Waals surface area contributed by atoms with Crippen molar-refractivity contribution in [2.75, 3.05) is 0 Å². The summed E-state index contributed by atoms with van der Waals surface area (Å²) in [4.78, 5) is 27.7. The van der Waals surface area contributed by atoms with Gasteiger partial charge >= 0.3 is 30.2 Å². The fourth-order valence-corrected chi connectivity index (χ4v) is 9.28. The number of hydrogen-bond donors (Lipinski definition) is 3. The van der Waals surface area contributed by atoms with Gasteiger partial charge in [0.2, 0.25) is 0 Å². The zero-order chi connectivity index (χ0) is 37.7. The van der Waals surface area contributed by atoms with Gasteiger partial charge in [-0.15, -0.1) is 0 Å². The second kappa shape index (κ2) is 13.1. The van der Waals surface area contributed by atoms with Crippen LogP contribution in [-0.2, 0) is 31.5 Å². The molecule has 2 aliphatic carbocycles. The maximum absolute atomic E-state index is 15.0. The molecule has 0 radical (unpaired) electrons. The van der Waals surface area contributed by atoms with Crippen LogP contribution < -0.4 is 5.32 Å². The molecular formula is C30H26F11N3O5S. The van der Waals surface area contributed by atoms with Crippen LogP contribution >= 0.6 is 0 Å². The van der Waals surface area contributed by atoms with Crippen LogP contribution in [0.4, 0.5) is 48.3 Å². The molecule has 3 aromatic rings. The average molecular weight is 750 g/mol. The van der Waals surface area contributed by atoms with E-state index in [0.717, 1.165) is 30.3 Å². The molecule has 1 aromatic heterocycles. The lowest BCUT2D eigenvalue weighted by atomic mass is 9.71. The molecule has 0 spiro atoms. The van der Waals surface area contributed by atoms with Crippen molar-refractivity contribution in [3.05, 3.63) is 83.2 Å². The molecule has 8 nitrogen and oxygen atoms in total. The second-order valence-electron chi connectivity index (χ2n) is 11.8. The van der Waals surface area contributed by atoms with Gasteiger partial charge in [0, 0.05) is 11.6 Å². The van der Waals surface area contributed by atoms with Gasteiger partial charge in [0.25, 0.3) is 5.91 Å². The summed E-state index contributed by atoms with van der Waals surface area (Å²) in [5.74, 6) is -5.23. The largest absolute Gasteiger partial charge is 0.490 e. The molecular weight excluding hydrogens is 723 g/mol. The number of rotatable bonds is 6. The summed E-state index contributed by atoms with van der Waals surface area (Å²) in [6, 6.07) is 4.93. The fourth-order valence-electron chi connectivity index (χ4n) is 6.79. The predicted molar refractivity (Wildman–Crippen MR) is 150 cm³/mol. The molecule has 1 unspecified atom stereocenters. The number of alkyl halides is 10. The Morgan fingerprint density at radius 3 is 2.04 bits per heavy atom. The van der Waals surface area contributed by atoms with Crippen molar-refractivity contribution in [1.82, 2.24) is 15.3 Å². The Labute approximate surface area is 276 Å². The van der Waals surface area contributed by atoms with Gasteiger partial charge in [-0.25, -0.2) is 27.0 Å². The van der Waals surface area contributed by atoms with Crippen molar-refractivity contribution in [2.45, 2.75) is 72.5 Å². The van der Waals surface area contributed by atoms with Crippen molar-refractivity contribution in [3.63, 3.8) is 0 Å². The molecule has 0 bridgehead atoms. The van der Waals surface area contributed by atoms with Crippen LogP contribution in [0.25, 0.3) is 0 Å². The molecule has 3 N–H and O–H groups in total. The molecule has 50 heavy (non-hydrogen) atoms. The first kappa shape index (κ1) is 38.6.